The van der Waals surface area contributed by atoms with E-state index in [2.05, 4.69) is 28.9 Å². The number of H-pyrrole nitrogens is 1. The van der Waals surface area contributed by atoms with Crippen LogP contribution in [0.4, 0.5) is 0 Å². The molecule has 0 fully saturated rings. The van der Waals surface area contributed by atoms with Crippen molar-refractivity contribution >= 4 is 38.8 Å². The molecule has 1 N–H and O–H groups in total. The Bertz CT molecular complexity index is 1260. The van der Waals surface area contributed by atoms with Gasteiger partial charge in [-0.05, 0) is 43.7 Å². The molecule has 0 radical (unpaired) electrons. The predicted octanol–water partition coefficient (Wildman–Crippen LogP) is 3.72. The second kappa shape index (κ2) is 6.30. The molecular formula is C19H17ClN4O3S. The van der Waals surface area contributed by atoms with Crippen molar-refractivity contribution in [3.05, 3.63) is 56.0 Å². The molecule has 4 heterocycles. The number of aromatic nitrogens is 4. The average Bonchev–Trinajstić information content (AvgIpc) is 3.21. The summed E-state index contributed by atoms with van der Waals surface area (Å²) in [4.78, 5) is 21.9. The van der Waals surface area contributed by atoms with Crippen LogP contribution in [0.25, 0.3) is 15.9 Å². The Kier molecular flexibility index (Phi) is 3.97. The van der Waals surface area contributed by atoms with Gasteiger partial charge in [-0.25, -0.2) is 9.78 Å². The lowest BCUT2D eigenvalue weighted by Crippen LogP contribution is -2.31. The maximum atomic E-state index is 12.5. The first-order chi connectivity index (χ1) is 13.4. The van der Waals surface area contributed by atoms with Gasteiger partial charge in [0.1, 0.15) is 17.2 Å². The van der Waals surface area contributed by atoms with E-state index >= 15 is 0 Å². The molecule has 7 nitrogen and oxygen atoms in total. The zero-order chi connectivity index (χ0) is 19.5. The van der Waals surface area contributed by atoms with Gasteiger partial charge in [0.05, 0.1) is 17.6 Å². The number of benzene rings is 1. The summed E-state index contributed by atoms with van der Waals surface area (Å²) in [5.74, 6) is 1.10. The summed E-state index contributed by atoms with van der Waals surface area (Å²) >= 11 is 7.44. The van der Waals surface area contributed by atoms with E-state index in [0.717, 1.165) is 21.5 Å². The molecule has 0 unspecified atom stereocenters. The van der Waals surface area contributed by atoms with Gasteiger partial charge in [-0.1, -0.05) is 11.6 Å². The highest BCUT2D eigenvalue weighted by atomic mass is 35.5. The fourth-order valence-corrected chi connectivity index (χ4v) is 4.67. The van der Waals surface area contributed by atoms with Crippen molar-refractivity contribution in [2.75, 3.05) is 0 Å². The smallest absolute Gasteiger partial charge is 0.349 e. The Morgan fingerprint density at radius 3 is 2.93 bits per heavy atom. The predicted molar refractivity (Wildman–Crippen MR) is 107 cm³/mol. The molecule has 4 aromatic rings. The minimum Gasteiger partial charge on any atom is -0.486 e. The second-order valence-electron chi connectivity index (χ2n) is 7.37. The highest BCUT2D eigenvalue weighted by Crippen LogP contribution is 2.39. The SMILES string of the molecule is CC1(C)Cc2c(sc3[nH]c(=O)n4nc(COc5ccc(Cl)cc5)nc4c23)CO1. The van der Waals surface area contributed by atoms with Crippen LogP contribution >= 0.6 is 22.9 Å². The minimum absolute atomic E-state index is 0.158. The topological polar surface area (TPSA) is 81.5 Å². The van der Waals surface area contributed by atoms with Crippen LogP contribution in [0, 0.1) is 0 Å². The van der Waals surface area contributed by atoms with Crippen LogP contribution in [0.2, 0.25) is 5.02 Å². The number of nitrogens with zero attached hydrogens (tertiary/aromatic N) is 3. The van der Waals surface area contributed by atoms with Crippen LogP contribution in [0.3, 0.4) is 0 Å². The van der Waals surface area contributed by atoms with Crippen molar-refractivity contribution in [3.63, 3.8) is 0 Å². The number of ether oxygens (including phenoxy) is 2. The molecule has 1 aliphatic rings. The average molecular weight is 417 g/mol. The molecule has 9 heteroatoms. The number of hydrogen-bond donors (Lipinski definition) is 1. The number of hydrogen-bond acceptors (Lipinski definition) is 6. The fraction of sp³-hybridized carbons (Fsp3) is 0.316. The Labute approximate surface area is 168 Å². The van der Waals surface area contributed by atoms with E-state index in [4.69, 9.17) is 21.1 Å². The number of thiophene rings is 1. The van der Waals surface area contributed by atoms with Crippen molar-refractivity contribution in [3.8, 4) is 5.75 Å². The molecule has 144 valence electrons. The van der Waals surface area contributed by atoms with Gasteiger partial charge in [0.2, 0.25) is 0 Å². The zero-order valence-electron chi connectivity index (χ0n) is 15.3. The largest absolute Gasteiger partial charge is 0.486 e. The number of fused-ring (bicyclic) bond motifs is 5. The molecule has 5 rings (SSSR count). The number of rotatable bonds is 3. The summed E-state index contributed by atoms with van der Waals surface area (Å²) in [6.07, 6.45) is 0.757. The molecule has 3 aromatic heterocycles. The van der Waals surface area contributed by atoms with Gasteiger partial charge in [-0.3, -0.25) is 4.98 Å². The monoisotopic (exact) mass is 416 g/mol. The van der Waals surface area contributed by atoms with Gasteiger partial charge < -0.3 is 9.47 Å². The molecule has 1 aliphatic heterocycles. The number of nitrogens with one attached hydrogen (secondary N) is 1. The molecule has 0 saturated carbocycles. The second-order valence-corrected chi connectivity index (χ2v) is 8.91. The summed E-state index contributed by atoms with van der Waals surface area (Å²) in [5, 5.41) is 5.93. The van der Waals surface area contributed by atoms with E-state index in [1.807, 2.05) is 0 Å². The summed E-state index contributed by atoms with van der Waals surface area (Å²) < 4.78 is 13.0. The summed E-state index contributed by atoms with van der Waals surface area (Å²) in [7, 11) is 0. The third-order valence-electron chi connectivity index (χ3n) is 4.76. The Balaban J connectivity index is 1.57. The van der Waals surface area contributed by atoms with E-state index in [0.29, 0.717) is 28.9 Å². The molecule has 1 aromatic carbocycles. The van der Waals surface area contributed by atoms with Crippen molar-refractivity contribution in [2.45, 2.75) is 39.1 Å². The van der Waals surface area contributed by atoms with E-state index in [1.54, 1.807) is 35.6 Å². The first-order valence-corrected chi connectivity index (χ1v) is 10.0. The van der Waals surface area contributed by atoms with Gasteiger partial charge in [0, 0.05) is 16.3 Å². The quantitative estimate of drug-likeness (QED) is 0.550. The highest BCUT2D eigenvalue weighted by Gasteiger charge is 2.31. The first kappa shape index (κ1) is 17.7. The van der Waals surface area contributed by atoms with Crippen molar-refractivity contribution in [1.82, 2.24) is 19.6 Å². The van der Waals surface area contributed by atoms with E-state index < -0.39 is 0 Å². The van der Waals surface area contributed by atoms with Crippen molar-refractivity contribution in [2.24, 2.45) is 0 Å². The summed E-state index contributed by atoms with van der Waals surface area (Å²) in [5.41, 5.74) is 1.17. The lowest BCUT2D eigenvalue weighted by atomic mass is 9.94. The number of aromatic amines is 1. The lowest BCUT2D eigenvalue weighted by Gasteiger charge is -2.30. The minimum atomic E-state index is -0.313. The number of halogens is 1. The lowest BCUT2D eigenvalue weighted by molar-refractivity contribution is -0.0379. The van der Waals surface area contributed by atoms with E-state index in [9.17, 15) is 4.79 Å². The van der Waals surface area contributed by atoms with Crippen molar-refractivity contribution in [1.29, 1.82) is 0 Å². The van der Waals surface area contributed by atoms with Crippen LogP contribution in [0.1, 0.15) is 30.1 Å². The third kappa shape index (κ3) is 2.97. The summed E-state index contributed by atoms with van der Waals surface area (Å²) in [6.45, 7) is 4.83. The standard InChI is InChI=1S/C19H17ClN4O3S/c1-19(2)7-12-13(8-27-19)28-17-15(12)16-21-14(23-24(16)18(25)22-17)9-26-11-5-3-10(20)4-6-11/h3-6H,7-9H2,1-2H3,(H,22,25). The zero-order valence-corrected chi connectivity index (χ0v) is 16.9. The van der Waals surface area contributed by atoms with Gasteiger partial charge in [0.25, 0.3) is 0 Å². The molecule has 0 spiro atoms. The third-order valence-corrected chi connectivity index (χ3v) is 6.13. The van der Waals surface area contributed by atoms with Gasteiger partial charge >= 0.3 is 5.69 Å². The van der Waals surface area contributed by atoms with Crippen LogP contribution in [0.15, 0.2) is 29.1 Å². The van der Waals surface area contributed by atoms with Crippen LogP contribution in [-0.4, -0.2) is 25.2 Å². The van der Waals surface area contributed by atoms with Gasteiger partial charge in [-0.2, -0.15) is 4.52 Å². The molecule has 0 saturated heterocycles. The molecular weight excluding hydrogens is 400 g/mol. The Hall–Kier alpha value is -2.42. The Morgan fingerprint density at radius 2 is 2.14 bits per heavy atom. The molecule has 0 atom stereocenters. The van der Waals surface area contributed by atoms with Crippen LogP contribution < -0.4 is 10.4 Å². The fourth-order valence-electron chi connectivity index (χ4n) is 3.43. The molecule has 28 heavy (non-hydrogen) atoms. The van der Waals surface area contributed by atoms with E-state index in [-0.39, 0.29) is 17.9 Å². The Morgan fingerprint density at radius 1 is 1.36 bits per heavy atom. The van der Waals surface area contributed by atoms with Gasteiger partial charge in [-0.15, -0.1) is 16.4 Å². The molecule has 0 amide bonds. The highest BCUT2D eigenvalue weighted by molar-refractivity contribution is 7.19. The van der Waals surface area contributed by atoms with Crippen LogP contribution in [-0.2, 0) is 24.4 Å². The maximum absolute atomic E-state index is 12.5. The normalized spacial score (nSPS) is 15.8. The van der Waals surface area contributed by atoms with E-state index in [1.165, 1.54) is 10.1 Å². The summed E-state index contributed by atoms with van der Waals surface area (Å²) in [6, 6.07) is 7.06. The molecule has 0 bridgehead atoms. The van der Waals surface area contributed by atoms with Crippen LogP contribution in [0.5, 0.6) is 5.75 Å². The van der Waals surface area contributed by atoms with Gasteiger partial charge in [0.15, 0.2) is 11.5 Å². The first-order valence-electron chi connectivity index (χ1n) is 8.84. The van der Waals surface area contributed by atoms with Crippen molar-refractivity contribution < 1.29 is 9.47 Å². The maximum Gasteiger partial charge on any atom is 0.349 e. The molecule has 0 aliphatic carbocycles.